The van der Waals surface area contributed by atoms with Gasteiger partial charge in [-0.1, -0.05) is 6.07 Å². The first-order chi connectivity index (χ1) is 11.5. The van der Waals surface area contributed by atoms with Crippen molar-refractivity contribution in [3.05, 3.63) is 22.4 Å². The van der Waals surface area contributed by atoms with Crippen LogP contribution in [0.3, 0.4) is 0 Å². The monoisotopic (exact) mass is 348 g/mol. The molecule has 2 aliphatic carbocycles. The van der Waals surface area contributed by atoms with Crippen LogP contribution in [0.4, 0.5) is 0 Å². The Kier molecular flexibility index (Phi) is 4.31. The molecule has 1 saturated heterocycles. The van der Waals surface area contributed by atoms with Crippen molar-refractivity contribution >= 4 is 11.3 Å². The van der Waals surface area contributed by atoms with Gasteiger partial charge in [0, 0.05) is 18.0 Å². The molecule has 3 fully saturated rings. The van der Waals surface area contributed by atoms with E-state index in [1.807, 2.05) is 11.3 Å². The maximum atomic E-state index is 10.1. The van der Waals surface area contributed by atoms with E-state index in [2.05, 4.69) is 41.4 Å². The van der Waals surface area contributed by atoms with E-state index in [0.717, 1.165) is 25.8 Å². The first-order valence-electron chi connectivity index (χ1n) is 9.62. The first kappa shape index (κ1) is 17.0. The molecule has 1 aromatic heterocycles. The number of hydrogen-bond acceptors (Lipinski definition) is 4. The lowest BCUT2D eigenvalue weighted by Gasteiger charge is -2.48. The Morgan fingerprint density at radius 2 is 1.88 bits per heavy atom. The quantitative estimate of drug-likeness (QED) is 0.879. The maximum Gasteiger partial charge on any atom is 0.0662 e. The summed E-state index contributed by atoms with van der Waals surface area (Å²) in [4.78, 5) is 6.65. The normalized spacial score (nSPS) is 35.8. The summed E-state index contributed by atoms with van der Waals surface area (Å²) in [7, 11) is 4.52. The largest absolute Gasteiger partial charge is 0.390 e. The van der Waals surface area contributed by atoms with Gasteiger partial charge in [-0.05, 0) is 88.9 Å². The molecule has 3 nitrogen and oxygen atoms in total. The van der Waals surface area contributed by atoms with Gasteiger partial charge >= 0.3 is 0 Å². The van der Waals surface area contributed by atoms with Crippen LogP contribution in [0.2, 0.25) is 0 Å². The van der Waals surface area contributed by atoms with Gasteiger partial charge in [-0.15, -0.1) is 11.3 Å². The number of nitrogens with zero attached hydrogens (tertiary/aromatic N) is 2. The highest BCUT2D eigenvalue weighted by Crippen LogP contribution is 2.52. The molecule has 1 aliphatic heterocycles. The molecule has 4 heteroatoms. The second kappa shape index (κ2) is 6.08. The average Bonchev–Trinajstić information content (AvgIpc) is 2.98. The van der Waals surface area contributed by atoms with Crippen molar-refractivity contribution in [3.63, 3.8) is 0 Å². The van der Waals surface area contributed by atoms with Crippen molar-refractivity contribution in [2.45, 2.75) is 62.5 Å². The molecule has 1 aromatic rings. The smallest absolute Gasteiger partial charge is 0.0662 e. The van der Waals surface area contributed by atoms with Crippen LogP contribution in [-0.2, 0) is 5.54 Å². The summed E-state index contributed by atoms with van der Waals surface area (Å²) in [5.74, 6) is 0. The average molecular weight is 349 g/mol. The van der Waals surface area contributed by atoms with Crippen LogP contribution in [0.5, 0.6) is 0 Å². The summed E-state index contributed by atoms with van der Waals surface area (Å²) in [6.45, 7) is 3.60. The highest BCUT2D eigenvalue weighted by atomic mass is 32.1. The van der Waals surface area contributed by atoms with Crippen molar-refractivity contribution in [1.29, 1.82) is 0 Å². The molecule has 0 radical (unpaired) electrons. The third kappa shape index (κ3) is 3.07. The second-order valence-electron chi connectivity index (χ2n) is 8.90. The van der Waals surface area contributed by atoms with Crippen molar-refractivity contribution in [2.24, 2.45) is 5.41 Å². The van der Waals surface area contributed by atoms with Crippen molar-refractivity contribution in [3.8, 4) is 0 Å². The fourth-order valence-electron chi connectivity index (χ4n) is 5.04. The van der Waals surface area contributed by atoms with E-state index in [4.69, 9.17) is 0 Å². The van der Waals surface area contributed by atoms with E-state index in [-0.39, 0.29) is 11.1 Å². The molecule has 4 rings (SSSR count). The number of rotatable bonds is 5. The SMILES string of the molecule is CN(C)C1(c2cccs2)CCC2(CCN(CCC3(O)CC3)C2)CC1. The van der Waals surface area contributed by atoms with E-state index in [0.29, 0.717) is 5.41 Å². The number of likely N-dealkylation sites (tertiary alicyclic amines) is 1. The van der Waals surface area contributed by atoms with Crippen LogP contribution >= 0.6 is 11.3 Å². The van der Waals surface area contributed by atoms with Crippen LogP contribution in [0, 0.1) is 5.41 Å². The number of hydrogen-bond donors (Lipinski definition) is 1. The molecule has 3 aliphatic rings. The molecule has 0 atom stereocenters. The molecule has 1 spiro atoms. The van der Waals surface area contributed by atoms with Gasteiger partial charge in [0.2, 0.25) is 0 Å². The second-order valence-corrected chi connectivity index (χ2v) is 9.85. The van der Waals surface area contributed by atoms with Crippen molar-refractivity contribution in [2.75, 3.05) is 33.7 Å². The minimum atomic E-state index is -0.290. The van der Waals surface area contributed by atoms with Crippen LogP contribution in [0.25, 0.3) is 0 Å². The Bertz CT molecular complexity index is 556. The van der Waals surface area contributed by atoms with Gasteiger partial charge in [0.25, 0.3) is 0 Å². The third-order valence-electron chi connectivity index (χ3n) is 7.21. The minimum Gasteiger partial charge on any atom is -0.390 e. The van der Waals surface area contributed by atoms with E-state index >= 15 is 0 Å². The molecule has 24 heavy (non-hydrogen) atoms. The Morgan fingerprint density at radius 3 is 2.46 bits per heavy atom. The zero-order valence-electron chi connectivity index (χ0n) is 15.3. The van der Waals surface area contributed by atoms with E-state index < -0.39 is 0 Å². The molecular weight excluding hydrogens is 316 g/mol. The number of aliphatic hydroxyl groups is 1. The first-order valence-corrected chi connectivity index (χ1v) is 10.5. The molecule has 0 unspecified atom stereocenters. The summed E-state index contributed by atoms with van der Waals surface area (Å²) >= 11 is 1.93. The molecule has 1 N–H and O–H groups in total. The van der Waals surface area contributed by atoms with Gasteiger partial charge in [0.05, 0.1) is 11.1 Å². The zero-order valence-corrected chi connectivity index (χ0v) is 16.1. The summed E-state index contributed by atoms with van der Waals surface area (Å²) in [6.07, 6.45) is 9.68. The van der Waals surface area contributed by atoms with E-state index in [1.54, 1.807) is 4.88 Å². The lowest BCUT2D eigenvalue weighted by Crippen LogP contribution is -2.47. The molecular formula is C20H32N2OS. The van der Waals surface area contributed by atoms with Gasteiger partial charge in [-0.2, -0.15) is 0 Å². The lowest BCUT2D eigenvalue weighted by molar-refractivity contribution is 0.0396. The topological polar surface area (TPSA) is 26.7 Å². The van der Waals surface area contributed by atoms with Crippen LogP contribution in [-0.4, -0.2) is 54.2 Å². The van der Waals surface area contributed by atoms with Gasteiger partial charge in [0.15, 0.2) is 0 Å². The fraction of sp³-hybridized carbons (Fsp3) is 0.800. The van der Waals surface area contributed by atoms with Gasteiger partial charge in [0.1, 0.15) is 0 Å². The van der Waals surface area contributed by atoms with Crippen molar-refractivity contribution < 1.29 is 5.11 Å². The van der Waals surface area contributed by atoms with Crippen LogP contribution < -0.4 is 0 Å². The molecule has 2 saturated carbocycles. The Labute approximate surface area is 150 Å². The molecule has 2 heterocycles. The lowest BCUT2D eigenvalue weighted by atomic mass is 9.66. The summed E-state index contributed by atoms with van der Waals surface area (Å²) < 4.78 is 0. The summed E-state index contributed by atoms with van der Waals surface area (Å²) in [6, 6.07) is 4.54. The summed E-state index contributed by atoms with van der Waals surface area (Å²) in [5, 5.41) is 12.3. The molecule has 0 aromatic carbocycles. The Morgan fingerprint density at radius 1 is 1.12 bits per heavy atom. The van der Waals surface area contributed by atoms with E-state index in [1.165, 1.54) is 45.2 Å². The third-order valence-corrected chi connectivity index (χ3v) is 8.27. The fourth-order valence-corrected chi connectivity index (χ4v) is 6.11. The highest BCUT2D eigenvalue weighted by Gasteiger charge is 2.48. The Hall–Kier alpha value is -0.420. The minimum absolute atomic E-state index is 0.260. The Balaban J connectivity index is 1.38. The maximum absolute atomic E-state index is 10.1. The van der Waals surface area contributed by atoms with E-state index in [9.17, 15) is 5.11 Å². The van der Waals surface area contributed by atoms with Crippen LogP contribution in [0.1, 0.15) is 56.2 Å². The van der Waals surface area contributed by atoms with Gasteiger partial charge in [-0.25, -0.2) is 0 Å². The molecule has 0 amide bonds. The predicted octanol–water partition coefficient (Wildman–Crippen LogP) is 3.69. The van der Waals surface area contributed by atoms with Gasteiger partial charge < -0.3 is 10.0 Å². The van der Waals surface area contributed by atoms with Crippen molar-refractivity contribution in [1.82, 2.24) is 9.80 Å². The number of thiophene rings is 1. The molecule has 134 valence electrons. The zero-order chi connectivity index (χ0) is 16.8. The van der Waals surface area contributed by atoms with Gasteiger partial charge in [-0.3, -0.25) is 4.90 Å². The standard InChI is InChI=1S/C20H32N2OS/c1-21(2)20(17-4-3-15-24-17)9-5-18(6-10-20)11-13-22(16-18)14-12-19(23)7-8-19/h3-4,15,23H,5-14,16H2,1-2H3. The summed E-state index contributed by atoms with van der Waals surface area (Å²) in [5.41, 5.74) is 0.514. The van der Waals surface area contributed by atoms with Crippen LogP contribution in [0.15, 0.2) is 17.5 Å². The predicted molar refractivity (Wildman–Crippen MR) is 100 cm³/mol. The molecule has 0 bridgehead atoms. The highest BCUT2D eigenvalue weighted by molar-refractivity contribution is 7.10.